The fourth-order valence-electron chi connectivity index (χ4n) is 1.86. The van der Waals surface area contributed by atoms with Gasteiger partial charge in [0.15, 0.2) is 6.29 Å². The fourth-order valence-corrected chi connectivity index (χ4v) is 1.86. The molecule has 1 aromatic carbocycles. The number of methoxy groups -OCH3 is 1. The Hall–Kier alpha value is -0.940. The van der Waals surface area contributed by atoms with E-state index in [0.717, 1.165) is 5.56 Å². The molecule has 2 rings (SSSR count). The molecule has 1 N–H and O–H groups in total. The molecular formula is C13H18O4. The Kier molecular flexibility index (Phi) is 4.50. The average molecular weight is 238 g/mol. The first-order valence-electron chi connectivity index (χ1n) is 5.77. The predicted molar refractivity (Wildman–Crippen MR) is 62.4 cm³/mol. The second-order valence-electron chi connectivity index (χ2n) is 4.14. The molecule has 4 heteroatoms. The standard InChI is InChI=1S/C13H18O4/c1-15-13-7-11(14)12(17-13)9-16-8-10-5-3-2-4-6-10/h2-6,11-14H,7-9H2,1H3/t11-,12+,13?/m0/s1. The van der Waals surface area contributed by atoms with Crippen molar-refractivity contribution in [1.82, 2.24) is 0 Å². The van der Waals surface area contributed by atoms with Crippen LogP contribution < -0.4 is 0 Å². The van der Waals surface area contributed by atoms with E-state index in [9.17, 15) is 5.11 Å². The van der Waals surface area contributed by atoms with Gasteiger partial charge in [0, 0.05) is 13.5 Å². The maximum absolute atomic E-state index is 9.70. The lowest BCUT2D eigenvalue weighted by molar-refractivity contribution is -0.134. The Labute approximate surface area is 101 Å². The summed E-state index contributed by atoms with van der Waals surface area (Å²) in [5, 5.41) is 9.70. The number of aliphatic hydroxyl groups is 1. The smallest absolute Gasteiger partial charge is 0.160 e. The van der Waals surface area contributed by atoms with E-state index in [1.807, 2.05) is 30.3 Å². The lowest BCUT2D eigenvalue weighted by atomic mass is 10.2. The molecule has 0 radical (unpaired) electrons. The summed E-state index contributed by atoms with van der Waals surface area (Å²) in [5.74, 6) is 0. The first-order chi connectivity index (χ1) is 8.29. The van der Waals surface area contributed by atoms with E-state index in [2.05, 4.69) is 0 Å². The summed E-state index contributed by atoms with van der Waals surface area (Å²) >= 11 is 0. The second-order valence-corrected chi connectivity index (χ2v) is 4.14. The van der Waals surface area contributed by atoms with Gasteiger partial charge < -0.3 is 19.3 Å². The van der Waals surface area contributed by atoms with E-state index < -0.39 is 6.10 Å². The monoisotopic (exact) mass is 238 g/mol. The van der Waals surface area contributed by atoms with Gasteiger partial charge in [-0.15, -0.1) is 0 Å². The molecule has 1 fully saturated rings. The van der Waals surface area contributed by atoms with Gasteiger partial charge in [-0.1, -0.05) is 30.3 Å². The van der Waals surface area contributed by atoms with Gasteiger partial charge in [-0.25, -0.2) is 0 Å². The van der Waals surface area contributed by atoms with Gasteiger partial charge in [0.2, 0.25) is 0 Å². The summed E-state index contributed by atoms with van der Waals surface area (Å²) in [7, 11) is 1.57. The van der Waals surface area contributed by atoms with Crippen molar-refractivity contribution in [3.05, 3.63) is 35.9 Å². The number of rotatable bonds is 5. The Bertz CT molecular complexity index is 327. The van der Waals surface area contributed by atoms with Crippen LogP contribution in [-0.4, -0.2) is 37.3 Å². The van der Waals surface area contributed by atoms with E-state index in [1.165, 1.54) is 0 Å². The summed E-state index contributed by atoms with van der Waals surface area (Å²) in [6.07, 6.45) is -0.592. The topological polar surface area (TPSA) is 47.9 Å². The Morgan fingerprint density at radius 1 is 1.35 bits per heavy atom. The molecule has 1 aromatic rings. The number of ether oxygens (including phenoxy) is 3. The van der Waals surface area contributed by atoms with E-state index in [4.69, 9.17) is 14.2 Å². The molecule has 1 unspecified atom stereocenters. The van der Waals surface area contributed by atoms with Crippen LogP contribution in [0.1, 0.15) is 12.0 Å². The van der Waals surface area contributed by atoms with Crippen molar-refractivity contribution in [3.8, 4) is 0 Å². The van der Waals surface area contributed by atoms with Crippen molar-refractivity contribution >= 4 is 0 Å². The van der Waals surface area contributed by atoms with Crippen LogP contribution in [-0.2, 0) is 20.8 Å². The van der Waals surface area contributed by atoms with Gasteiger partial charge in [-0.05, 0) is 5.56 Å². The maximum atomic E-state index is 9.70. The van der Waals surface area contributed by atoms with Crippen LogP contribution >= 0.6 is 0 Å². The largest absolute Gasteiger partial charge is 0.390 e. The molecular weight excluding hydrogens is 220 g/mol. The van der Waals surface area contributed by atoms with Crippen molar-refractivity contribution in [1.29, 1.82) is 0 Å². The normalized spacial score (nSPS) is 28.5. The molecule has 17 heavy (non-hydrogen) atoms. The number of aliphatic hydroxyl groups excluding tert-OH is 1. The number of benzene rings is 1. The molecule has 0 spiro atoms. The molecule has 1 saturated heterocycles. The van der Waals surface area contributed by atoms with Gasteiger partial charge in [0.25, 0.3) is 0 Å². The molecule has 0 saturated carbocycles. The summed E-state index contributed by atoms with van der Waals surface area (Å²) in [5.41, 5.74) is 1.11. The lowest BCUT2D eigenvalue weighted by Gasteiger charge is -2.14. The van der Waals surface area contributed by atoms with Crippen molar-refractivity contribution in [3.63, 3.8) is 0 Å². The van der Waals surface area contributed by atoms with E-state index >= 15 is 0 Å². The molecule has 1 heterocycles. The first-order valence-corrected chi connectivity index (χ1v) is 5.77. The lowest BCUT2D eigenvalue weighted by Crippen LogP contribution is -2.26. The Balaban J connectivity index is 1.72. The minimum Gasteiger partial charge on any atom is -0.390 e. The van der Waals surface area contributed by atoms with Crippen LogP contribution in [0.4, 0.5) is 0 Å². The maximum Gasteiger partial charge on any atom is 0.160 e. The Morgan fingerprint density at radius 3 is 2.76 bits per heavy atom. The second kappa shape index (κ2) is 6.12. The van der Waals surface area contributed by atoms with Gasteiger partial charge in [-0.2, -0.15) is 0 Å². The van der Waals surface area contributed by atoms with Gasteiger partial charge in [0.05, 0.1) is 19.3 Å². The van der Waals surface area contributed by atoms with Gasteiger partial charge >= 0.3 is 0 Å². The molecule has 0 bridgehead atoms. The zero-order chi connectivity index (χ0) is 12.1. The van der Waals surface area contributed by atoms with Crippen LogP contribution in [0.2, 0.25) is 0 Å². The van der Waals surface area contributed by atoms with Crippen LogP contribution in [0.15, 0.2) is 30.3 Å². The molecule has 0 aliphatic carbocycles. The quantitative estimate of drug-likeness (QED) is 0.840. The highest BCUT2D eigenvalue weighted by atomic mass is 16.7. The predicted octanol–water partition coefficient (Wildman–Crippen LogP) is 1.33. The third-order valence-electron chi connectivity index (χ3n) is 2.85. The zero-order valence-electron chi connectivity index (χ0n) is 9.91. The zero-order valence-corrected chi connectivity index (χ0v) is 9.91. The third kappa shape index (κ3) is 3.51. The minimum absolute atomic E-state index is 0.288. The summed E-state index contributed by atoms with van der Waals surface area (Å²) in [6.45, 7) is 0.918. The molecule has 0 aromatic heterocycles. The van der Waals surface area contributed by atoms with Gasteiger partial charge in [-0.3, -0.25) is 0 Å². The number of hydrogen-bond donors (Lipinski definition) is 1. The number of hydrogen-bond acceptors (Lipinski definition) is 4. The van der Waals surface area contributed by atoms with Crippen LogP contribution in [0.5, 0.6) is 0 Å². The van der Waals surface area contributed by atoms with E-state index in [0.29, 0.717) is 19.6 Å². The van der Waals surface area contributed by atoms with Crippen LogP contribution in [0, 0.1) is 0 Å². The van der Waals surface area contributed by atoms with Crippen molar-refractivity contribution in [2.24, 2.45) is 0 Å². The molecule has 0 amide bonds. The molecule has 94 valence electrons. The summed E-state index contributed by atoms with van der Waals surface area (Å²) in [4.78, 5) is 0. The fraction of sp³-hybridized carbons (Fsp3) is 0.538. The molecule has 1 aliphatic heterocycles. The SMILES string of the molecule is COC1C[C@H](O)[C@@H](COCc2ccccc2)O1. The van der Waals surface area contributed by atoms with Crippen LogP contribution in [0.3, 0.4) is 0 Å². The first kappa shape index (κ1) is 12.5. The van der Waals surface area contributed by atoms with Gasteiger partial charge in [0.1, 0.15) is 6.10 Å². The highest BCUT2D eigenvalue weighted by Gasteiger charge is 2.33. The molecule has 3 atom stereocenters. The van der Waals surface area contributed by atoms with Crippen LogP contribution in [0.25, 0.3) is 0 Å². The highest BCUT2D eigenvalue weighted by molar-refractivity contribution is 5.13. The van der Waals surface area contributed by atoms with Crippen molar-refractivity contribution in [2.45, 2.75) is 31.5 Å². The molecule has 1 aliphatic rings. The highest BCUT2D eigenvalue weighted by Crippen LogP contribution is 2.21. The minimum atomic E-state index is -0.504. The summed E-state index contributed by atoms with van der Waals surface area (Å²) < 4.78 is 16.0. The van der Waals surface area contributed by atoms with E-state index in [1.54, 1.807) is 7.11 Å². The molecule has 4 nitrogen and oxygen atoms in total. The van der Waals surface area contributed by atoms with E-state index in [-0.39, 0.29) is 12.4 Å². The summed E-state index contributed by atoms with van der Waals surface area (Å²) in [6, 6.07) is 9.92. The average Bonchev–Trinajstić information content (AvgIpc) is 2.72. The van der Waals surface area contributed by atoms with Crippen molar-refractivity contribution in [2.75, 3.05) is 13.7 Å². The Morgan fingerprint density at radius 2 is 2.12 bits per heavy atom. The third-order valence-corrected chi connectivity index (χ3v) is 2.85. The van der Waals surface area contributed by atoms with Crippen molar-refractivity contribution < 1.29 is 19.3 Å².